The minimum Gasteiger partial charge on any atom is -0.494 e. The van der Waals surface area contributed by atoms with Crippen LogP contribution in [-0.2, 0) is 6.54 Å². The number of carbonyl (C=O) groups is 1. The minimum atomic E-state index is -0.776. The van der Waals surface area contributed by atoms with Crippen LogP contribution in [0.2, 0.25) is 0 Å². The second-order valence-corrected chi connectivity index (χ2v) is 8.20. The summed E-state index contributed by atoms with van der Waals surface area (Å²) in [5.41, 5.74) is 1.18. The van der Waals surface area contributed by atoms with Crippen molar-refractivity contribution in [2.75, 3.05) is 6.61 Å². The second-order valence-electron chi connectivity index (χ2n) is 8.20. The van der Waals surface area contributed by atoms with E-state index < -0.39 is 23.2 Å². The van der Waals surface area contributed by atoms with Crippen molar-refractivity contribution in [2.45, 2.75) is 25.9 Å². The highest BCUT2D eigenvalue weighted by Crippen LogP contribution is 2.40. The minimum absolute atomic E-state index is 0.0681. The highest BCUT2D eigenvalue weighted by Gasteiger charge is 2.42. The number of hydrogen-bond acceptors (Lipinski definition) is 4. The molecule has 172 valence electrons. The molecule has 1 aliphatic heterocycles. The fraction of sp³-hybridized carbons (Fsp3) is 0.185. The number of hydrogen-bond donors (Lipinski definition) is 0. The number of benzene rings is 3. The Bertz CT molecular complexity index is 1450. The molecule has 0 radical (unpaired) electrons. The van der Waals surface area contributed by atoms with Crippen molar-refractivity contribution >= 4 is 16.9 Å². The second kappa shape index (κ2) is 8.74. The van der Waals surface area contributed by atoms with Crippen LogP contribution in [0.1, 0.15) is 46.6 Å². The highest BCUT2D eigenvalue weighted by atomic mass is 19.1. The predicted molar refractivity (Wildman–Crippen MR) is 123 cm³/mol. The van der Waals surface area contributed by atoms with Gasteiger partial charge in [0.15, 0.2) is 5.43 Å². The van der Waals surface area contributed by atoms with Crippen molar-refractivity contribution in [3.8, 4) is 5.75 Å². The third-order valence-electron chi connectivity index (χ3n) is 5.84. The zero-order valence-electron chi connectivity index (χ0n) is 18.4. The van der Waals surface area contributed by atoms with E-state index in [-0.39, 0.29) is 34.7 Å². The Morgan fingerprint density at radius 3 is 2.50 bits per heavy atom. The van der Waals surface area contributed by atoms with Gasteiger partial charge in [0.2, 0.25) is 5.76 Å². The summed E-state index contributed by atoms with van der Waals surface area (Å²) < 4.78 is 39.0. The SMILES string of the molecule is CCCOc1cccc(C2c3c(oc4ccc(F)cc4c3=O)C(=O)N2Cc2ccc(F)cc2)c1. The van der Waals surface area contributed by atoms with Crippen molar-refractivity contribution in [2.24, 2.45) is 0 Å². The van der Waals surface area contributed by atoms with E-state index in [1.54, 1.807) is 36.4 Å². The highest BCUT2D eigenvalue weighted by molar-refractivity contribution is 5.99. The molecule has 34 heavy (non-hydrogen) atoms. The van der Waals surface area contributed by atoms with Crippen LogP contribution < -0.4 is 10.2 Å². The Morgan fingerprint density at radius 2 is 1.74 bits per heavy atom. The molecule has 0 fully saturated rings. The van der Waals surface area contributed by atoms with E-state index in [4.69, 9.17) is 9.15 Å². The summed E-state index contributed by atoms with van der Waals surface area (Å²) in [6.07, 6.45) is 0.826. The van der Waals surface area contributed by atoms with Crippen molar-refractivity contribution in [3.05, 3.63) is 111 Å². The van der Waals surface area contributed by atoms with Crippen LogP contribution in [0.5, 0.6) is 5.75 Å². The first-order chi connectivity index (χ1) is 16.5. The summed E-state index contributed by atoms with van der Waals surface area (Å²) in [6, 6.07) is 15.9. The van der Waals surface area contributed by atoms with E-state index in [9.17, 15) is 18.4 Å². The van der Waals surface area contributed by atoms with Gasteiger partial charge in [0, 0.05) is 6.54 Å². The van der Waals surface area contributed by atoms with Gasteiger partial charge in [-0.1, -0.05) is 31.2 Å². The van der Waals surface area contributed by atoms with E-state index in [0.717, 1.165) is 12.5 Å². The van der Waals surface area contributed by atoms with Crippen molar-refractivity contribution in [1.29, 1.82) is 0 Å². The van der Waals surface area contributed by atoms with E-state index in [1.165, 1.54) is 29.2 Å². The fourth-order valence-electron chi connectivity index (χ4n) is 4.28. The summed E-state index contributed by atoms with van der Waals surface area (Å²) in [5, 5.41) is 0.0681. The molecule has 5 nitrogen and oxygen atoms in total. The lowest BCUT2D eigenvalue weighted by atomic mass is 9.98. The Kier molecular flexibility index (Phi) is 5.61. The van der Waals surface area contributed by atoms with Crippen molar-refractivity contribution < 1.29 is 22.7 Å². The normalized spacial score (nSPS) is 15.1. The summed E-state index contributed by atoms with van der Waals surface area (Å²) in [5.74, 6) is -0.886. The van der Waals surface area contributed by atoms with Gasteiger partial charge >= 0.3 is 0 Å². The molecular weight excluding hydrogens is 440 g/mol. The fourth-order valence-corrected chi connectivity index (χ4v) is 4.28. The van der Waals surface area contributed by atoms with Gasteiger partial charge in [-0.25, -0.2) is 8.78 Å². The standard InChI is InChI=1S/C27H21F2NO4/c1-2-12-33-20-5-3-4-17(13-20)24-23-25(31)21-14-19(29)10-11-22(21)34-26(23)27(32)30(24)15-16-6-8-18(28)9-7-16/h3-11,13-14,24H,2,12,15H2,1H3. The molecular formula is C27H21F2NO4. The first-order valence-corrected chi connectivity index (χ1v) is 11.0. The zero-order valence-corrected chi connectivity index (χ0v) is 18.4. The molecule has 2 heterocycles. The van der Waals surface area contributed by atoms with Gasteiger partial charge in [0.25, 0.3) is 5.91 Å². The van der Waals surface area contributed by atoms with Crippen LogP contribution in [0.15, 0.2) is 75.9 Å². The first kappa shape index (κ1) is 21.8. The lowest BCUT2D eigenvalue weighted by Gasteiger charge is -2.25. The molecule has 3 aromatic carbocycles. The monoisotopic (exact) mass is 461 g/mol. The van der Waals surface area contributed by atoms with Crippen LogP contribution in [0.25, 0.3) is 11.0 Å². The summed E-state index contributed by atoms with van der Waals surface area (Å²) >= 11 is 0. The summed E-state index contributed by atoms with van der Waals surface area (Å²) in [7, 11) is 0. The maximum Gasteiger partial charge on any atom is 0.291 e. The molecule has 0 N–H and O–H groups in total. The average Bonchev–Trinajstić information content (AvgIpc) is 3.11. The number of fused-ring (bicyclic) bond motifs is 2. The molecule has 1 aromatic heterocycles. The van der Waals surface area contributed by atoms with Crippen LogP contribution >= 0.6 is 0 Å². The Labute approximate surface area is 194 Å². The van der Waals surface area contributed by atoms with E-state index in [0.29, 0.717) is 23.5 Å². The number of ether oxygens (including phenoxy) is 1. The Morgan fingerprint density at radius 1 is 0.971 bits per heavy atom. The van der Waals surface area contributed by atoms with Crippen LogP contribution in [0.4, 0.5) is 8.78 Å². The number of rotatable bonds is 6. The number of carbonyl (C=O) groups excluding carboxylic acids is 1. The van der Waals surface area contributed by atoms with E-state index in [1.807, 2.05) is 6.92 Å². The molecule has 7 heteroatoms. The maximum atomic E-state index is 13.9. The van der Waals surface area contributed by atoms with Gasteiger partial charge in [-0.05, 0) is 60.0 Å². The Balaban J connectivity index is 1.68. The third kappa shape index (κ3) is 3.83. The van der Waals surface area contributed by atoms with Crippen LogP contribution in [0, 0.1) is 11.6 Å². The zero-order chi connectivity index (χ0) is 23.8. The van der Waals surface area contributed by atoms with Crippen molar-refractivity contribution in [1.82, 2.24) is 4.90 Å². The molecule has 0 saturated carbocycles. The lowest BCUT2D eigenvalue weighted by Crippen LogP contribution is -2.29. The smallest absolute Gasteiger partial charge is 0.291 e. The molecule has 0 aliphatic carbocycles. The summed E-state index contributed by atoms with van der Waals surface area (Å²) in [6.45, 7) is 2.64. The van der Waals surface area contributed by atoms with Gasteiger partial charge in [-0.2, -0.15) is 0 Å². The number of amides is 1. The molecule has 1 atom stereocenters. The van der Waals surface area contributed by atoms with Gasteiger partial charge in [0.05, 0.1) is 23.6 Å². The predicted octanol–water partition coefficient (Wildman–Crippen LogP) is 5.61. The molecule has 0 spiro atoms. The third-order valence-corrected chi connectivity index (χ3v) is 5.84. The van der Waals surface area contributed by atoms with Gasteiger partial charge < -0.3 is 14.1 Å². The molecule has 1 unspecified atom stereocenters. The van der Waals surface area contributed by atoms with E-state index in [2.05, 4.69) is 0 Å². The molecule has 1 amide bonds. The molecule has 5 rings (SSSR count). The molecule has 0 bridgehead atoms. The first-order valence-electron chi connectivity index (χ1n) is 11.0. The summed E-state index contributed by atoms with van der Waals surface area (Å²) in [4.78, 5) is 28.5. The quantitative estimate of drug-likeness (QED) is 0.375. The number of nitrogens with zero attached hydrogens (tertiary/aromatic N) is 1. The maximum absolute atomic E-state index is 13.9. The van der Waals surface area contributed by atoms with Gasteiger partial charge in [-0.3, -0.25) is 9.59 Å². The van der Waals surface area contributed by atoms with Crippen LogP contribution in [0.3, 0.4) is 0 Å². The van der Waals surface area contributed by atoms with Gasteiger partial charge in [-0.15, -0.1) is 0 Å². The van der Waals surface area contributed by atoms with Crippen molar-refractivity contribution in [3.63, 3.8) is 0 Å². The Hall–Kier alpha value is -4.00. The van der Waals surface area contributed by atoms with Gasteiger partial charge in [0.1, 0.15) is 23.0 Å². The average molecular weight is 461 g/mol. The van der Waals surface area contributed by atoms with Crippen LogP contribution in [-0.4, -0.2) is 17.4 Å². The molecule has 4 aromatic rings. The number of halogens is 2. The van der Waals surface area contributed by atoms with E-state index >= 15 is 0 Å². The topological polar surface area (TPSA) is 59.8 Å². The molecule has 1 aliphatic rings. The molecule has 0 saturated heterocycles. The largest absolute Gasteiger partial charge is 0.494 e. The lowest BCUT2D eigenvalue weighted by molar-refractivity contribution is 0.0714.